The lowest BCUT2D eigenvalue weighted by Gasteiger charge is -2.07. The standard InChI is InChI=1S/C14H9ClN4O2/c15-10-7-8(1-2-9(10)14(20)21)18-12-4-3-11-13(19-12)17-6-5-16-11/h1-7H,(H,20,21)(H,17,18,19). The first-order valence-electron chi connectivity index (χ1n) is 6.01. The summed E-state index contributed by atoms with van der Waals surface area (Å²) < 4.78 is 0. The molecule has 1 aromatic carbocycles. The Labute approximate surface area is 124 Å². The molecule has 7 heteroatoms. The van der Waals surface area contributed by atoms with Crippen molar-refractivity contribution in [1.29, 1.82) is 0 Å². The lowest BCUT2D eigenvalue weighted by Crippen LogP contribution is -1.99. The van der Waals surface area contributed by atoms with Crippen LogP contribution in [0.5, 0.6) is 0 Å². The number of nitrogens with one attached hydrogen (secondary N) is 1. The van der Waals surface area contributed by atoms with Crippen molar-refractivity contribution < 1.29 is 9.90 Å². The van der Waals surface area contributed by atoms with E-state index in [-0.39, 0.29) is 10.6 Å². The molecule has 0 saturated carbocycles. The van der Waals surface area contributed by atoms with Crippen molar-refractivity contribution in [2.75, 3.05) is 5.32 Å². The predicted octanol–water partition coefficient (Wildman–Crippen LogP) is 3.12. The van der Waals surface area contributed by atoms with E-state index in [1.54, 1.807) is 30.6 Å². The molecule has 0 aliphatic rings. The summed E-state index contributed by atoms with van der Waals surface area (Å²) in [5, 5.41) is 12.1. The highest BCUT2D eigenvalue weighted by Crippen LogP contribution is 2.23. The van der Waals surface area contributed by atoms with Crippen molar-refractivity contribution >= 4 is 40.2 Å². The van der Waals surface area contributed by atoms with E-state index in [9.17, 15) is 4.79 Å². The van der Waals surface area contributed by atoms with Crippen LogP contribution in [-0.2, 0) is 0 Å². The van der Waals surface area contributed by atoms with Gasteiger partial charge in [0.25, 0.3) is 0 Å². The topological polar surface area (TPSA) is 88.0 Å². The lowest BCUT2D eigenvalue weighted by molar-refractivity contribution is 0.0697. The Hall–Kier alpha value is -2.73. The molecule has 3 aromatic rings. The molecule has 0 amide bonds. The van der Waals surface area contributed by atoms with E-state index in [0.29, 0.717) is 22.7 Å². The summed E-state index contributed by atoms with van der Waals surface area (Å²) in [5.74, 6) is -0.493. The average Bonchev–Trinajstić information content (AvgIpc) is 2.47. The summed E-state index contributed by atoms with van der Waals surface area (Å²) in [4.78, 5) is 23.5. The smallest absolute Gasteiger partial charge is 0.337 e. The van der Waals surface area contributed by atoms with Crippen molar-refractivity contribution in [3.63, 3.8) is 0 Å². The van der Waals surface area contributed by atoms with Crippen LogP contribution >= 0.6 is 11.6 Å². The Bertz CT molecular complexity index is 838. The van der Waals surface area contributed by atoms with Gasteiger partial charge in [0.2, 0.25) is 0 Å². The van der Waals surface area contributed by atoms with Gasteiger partial charge >= 0.3 is 5.97 Å². The second kappa shape index (κ2) is 5.34. The third kappa shape index (κ3) is 2.75. The highest BCUT2D eigenvalue weighted by molar-refractivity contribution is 6.33. The highest BCUT2D eigenvalue weighted by Gasteiger charge is 2.09. The van der Waals surface area contributed by atoms with Crippen molar-refractivity contribution in [3.8, 4) is 0 Å². The first kappa shape index (κ1) is 13.3. The van der Waals surface area contributed by atoms with Gasteiger partial charge in [-0.05, 0) is 30.3 Å². The van der Waals surface area contributed by atoms with E-state index in [0.717, 1.165) is 0 Å². The fourth-order valence-corrected chi connectivity index (χ4v) is 2.10. The molecular weight excluding hydrogens is 292 g/mol. The molecule has 0 fully saturated rings. The summed E-state index contributed by atoms with van der Waals surface area (Å²) in [7, 11) is 0. The summed E-state index contributed by atoms with van der Waals surface area (Å²) in [6.07, 6.45) is 3.17. The number of pyridine rings is 1. The number of carbonyl (C=O) groups is 1. The number of carboxylic acid groups (broad SMARTS) is 1. The molecule has 0 aliphatic carbocycles. The van der Waals surface area contributed by atoms with Crippen LogP contribution in [0, 0.1) is 0 Å². The van der Waals surface area contributed by atoms with Crippen molar-refractivity contribution in [1.82, 2.24) is 15.0 Å². The summed E-state index contributed by atoms with van der Waals surface area (Å²) in [6, 6.07) is 8.15. The molecule has 0 saturated heterocycles. The molecule has 0 bridgehead atoms. The highest BCUT2D eigenvalue weighted by atomic mass is 35.5. The van der Waals surface area contributed by atoms with E-state index in [1.807, 2.05) is 0 Å². The quantitative estimate of drug-likeness (QED) is 0.772. The maximum atomic E-state index is 10.9. The maximum absolute atomic E-state index is 10.9. The van der Waals surface area contributed by atoms with E-state index >= 15 is 0 Å². The zero-order chi connectivity index (χ0) is 14.8. The van der Waals surface area contributed by atoms with Crippen LogP contribution < -0.4 is 5.32 Å². The molecule has 0 atom stereocenters. The number of benzene rings is 1. The number of nitrogens with zero attached hydrogens (tertiary/aromatic N) is 3. The van der Waals surface area contributed by atoms with E-state index in [1.165, 1.54) is 12.1 Å². The molecule has 21 heavy (non-hydrogen) atoms. The first-order chi connectivity index (χ1) is 10.1. The van der Waals surface area contributed by atoms with Crippen LogP contribution in [0.3, 0.4) is 0 Å². The summed E-state index contributed by atoms with van der Waals surface area (Å²) in [6.45, 7) is 0. The second-order valence-electron chi connectivity index (χ2n) is 4.22. The lowest BCUT2D eigenvalue weighted by atomic mass is 10.2. The first-order valence-corrected chi connectivity index (χ1v) is 6.39. The molecule has 3 rings (SSSR count). The van der Waals surface area contributed by atoms with Crippen LogP contribution in [0.15, 0.2) is 42.7 Å². The zero-order valence-electron chi connectivity index (χ0n) is 10.6. The van der Waals surface area contributed by atoms with Crippen molar-refractivity contribution in [3.05, 3.63) is 53.3 Å². The minimum absolute atomic E-state index is 0.0551. The van der Waals surface area contributed by atoms with Crippen LogP contribution in [0.1, 0.15) is 10.4 Å². The Morgan fingerprint density at radius 3 is 2.71 bits per heavy atom. The number of anilines is 2. The van der Waals surface area contributed by atoms with Crippen molar-refractivity contribution in [2.45, 2.75) is 0 Å². The number of aromatic nitrogens is 3. The number of halogens is 1. The second-order valence-corrected chi connectivity index (χ2v) is 4.63. The van der Waals surface area contributed by atoms with Crippen LogP contribution in [0.25, 0.3) is 11.2 Å². The van der Waals surface area contributed by atoms with E-state index in [2.05, 4.69) is 20.3 Å². The van der Waals surface area contributed by atoms with Gasteiger partial charge in [0, 0.05) is 18.1 Å². The molecule has 2 aromatic heterocycles. The molecular formula is C14H9ClN4O2. The Balaban J connectivity index is 1.91. The number of aromatic carboxylic acids is 1. The average molecular weight is 301 g/mol. The number of rotatable bonds is 3. The third-order valence-electron chi connectivity index (χ3n) is 2.80. The normalized spacial score (nSPS) is 10.5. The fraction of sp³-hybridized carbons (Fsp3) is 0. The van der Waals surface area contributed by atoms with Crippen molar-refractivity contribution in [2.24, 2.45) is 0 Å². The van der Waals surface area contributed by atoms with E-state index in [4.69, 9.17) is 16.7 Å². The van der Waals surface area contributed by atoms with E-state index < -0.39 is 5.97 Å². The third-order valence-corrected chi connectivity index (χ3v) is 3.12. The monoisotopic (exact) mass is 300 g/mol. The Kier molecular flexibility index (Phi) is 3.37. The molecule has 0 radical (unpaired) electrons. The molecule has 0 aliphatic heterocycles. The minimum Gasteiger partial charge on any atom is -0.478 e. The van der Waals surface area contributed by atoms with Crippen LogP contribution in [0.4, 0.5) is 11.5 Å². The van der Waals surface area contributed by atoms with Gasteiger partial charge in [-0.2, -0.15) is 0 Å². The maximum Gasteiger partial charge on any atom is 0.337 e. The molecule has 2 N–H and O–H groups in total. The van der Waals surface area contributed by atoms with Gasteiger partial charge in [0.1, 0.15) is 11.3 Å². The van der Waals surface area contributed by atoms with Crippen LogP contribution in [-0.4, -0.2) is 26.0 Å². The van der Waals surface area contributed by atoms with Crippen LogP contribution in [0.2, 0.25) is 5.02 Å². The number of hydrogen-bond donors (Lipinski definition) is 2. The fourth-order valence-electron chi connectivity index (χ4n) is 1.84. The minimum atomic E-state index is -1.06. The SMILES string of the molecule is O=C(O)c1ccc(Nc2ccc3nccnc3n2)cc1Cl. The number of fused-ring (bicyclic) bond motifs is 1. The van der Waals surface area contributed by atoms with Gasteiger partial charge < -0.3 is 10.4 Å². The summed E-state index contributed by atoms with van der Waals surface area (Å²) in [5.41, 5.74) is 1.92. The molecule has 104 valence electrons. The molecule has 0 unspecified atom stereocenters. The molecule has 0 spiro atoms. The predicted molar refractivity (Wildman–Crippen MR) is 79.0 cm³/mol. The van der Waals surface area contributed by atoms with Gasteiger partial charge in [0.05, 0.1) is 10.6 Å². The van der Waals surface area contributed by atoms with Gasteiger partial charge in [0.15, 0.2) is 5.65 Å². The number of hydrogen-bond acceptors (Lipinski definition) is 5. The Morgan fingerprint density at radius 1 is 1.14 bits per heavy atom. The zero-order valence-corrected chi connectivity index (χ0v) is 11.4. The summed E-state index contributed by atoms with van der Waals surface area (Å²) >= 11 is 5.92. The van der Waals surface area contributed by atoms with Gasteiger partial charge in [-0.3, -0.25) is 4.98 Å². The Morgan fingerprint density at radius 2 is 1.95 bits per heavy atom. The van der Waals surface area contributed by atoms with Gasteiger partial charge in [-0.25, -0.2) is 14.8 Å². The van der Waals surface area contributed by atoms with Gasteiger partial charge in [-0.15, -0.1) is 0 Å². The molecule has 2 heterocycles. The number of carboxylic acids is 1. The van der Waals surface area contributed by atoms with Gasteiger partial charge in [-0.1, -0.05) is 11.6 Å². The largest absolute Gasteiger partial charge is 0.478 e. The molecule has 6 nitrogen and oxygen atoms in total.